The lowest BCUT2D eigenvalue weighted by Crippen LogP contribution is -2.68. The molecule has 0 fully saturated rings. The van der Waals surface area contributed by atoms with Crippen molar-refractivity contribution in [2.45, 2.75) is 37.1 Å². The first-order valence-electron chi connectivity index (χ1n) is 14.0. The van der Waals surface area contributed by atoms with E-state index in [0.29, 0.717) is 12.1 Å². The first kappa shape index (κ1) is 30.9. The fourth-order valence-electron chi connectivity index (χ4n) is 6.83. The molecule has 232 valence electrons. The van der Waals surface area contributed by atoms with E-state index in [-0.39, 0.29) is 17.8 Å². The molecule has 0 aliphatic heterocycles. The zero-order valence-corrected chi connectivity index (χ0v) is 24.2. The fourth-order valence-corrected chi connectivity index (χ4v) is 6.83. The van der Waals surface area contributed by atoms with E-state index in [0.717, 1.165) is 5.56 Å². The Morgan fingerprint density at radius 2 is 1.70 bits per heavy atom. The van der Waals surface area contributed by atoms with Crippen LogP contribution in [0.1, 0.15) is 34.3 Å². The highest BCUT2D eigenvalue weighted by Crippen LogP contribution is 2.56. The molecule has 3 aliphatic rings. The van der Waals surface area contributed by atoms with Gasteiger partial charge in [0.25, 0.3) is 5.91 Å². The number of nitrogens with two attached hydrogens (primary N) is 1. The van der Waals surface area contributed by atoms with E-state index >= 15 is 0 Å². The number of phenolic OH excluding ortho intramolecular Hbond substituents is 1. The predicted molar refractivity (Wildman–Crippen MR) is 157 cm³/mol. The number of anilines is 1. The monoisotopic (exact) mass is 606 g/mol. The summed E-state index contributed by atoms with van der Waals surface area (Å²) >= 11 is 0. The number of nitrogens with zero attached hydrogens (tertiary/aromatic N) is 1. The van der Waals surface area contributed by atoms with Crippen LogP contribution in [-0.4, -0.2) is 92.2 Å². The molecule has 2 aromatic carbocycles. The van der Waals surface area contributed by atoms with Crippen molar-refractivity contribution in [1.29, 1.82) is 0 Å². The van der Waals surface area contributed by atoms with E-state index < -0.39 is 87.3 Å². The van der Waals surface area contributed by atoms with Gasteiger partial charge >= 0.3 is 0 Å². The molecular formula is C31H34N4O9. The number of aromatic hydroxyl groups is 1. The zero-order valence-electron chi connectivity index (χ0n) is 24.2. The summed E-state index contributed by atoms with van der Waals surface area (Å²) in [7, 11) is 2.93. The number of likely N-dealkylation sites (N-methyl/N-ethyl adjacent to an activating group) is 1. The lowest BCUT2D eigenvalue weighted by molar-refractivity contribution is -0.162. The minimum Gasteiger partial charge on any atom is -0.510 e. The van der Waals surface area contributed by atoms with Gasteiger partial charge in [0.2, 0.25) is 11.7 Å². The van der Waals surface area contributed by atoms with Gasteiger partial charge in [-0.25, -0.2) is 0 Å². The van der Waals surface area contributed by atoms with Crippen LogP contribution in [0.5, 0.6) is 5.75 Å². The second kappa shape index (κ2) is 11.2. The Kier molecular flexibility index (Phi) is 7.84. The number of hydrogen-bond acceptors (Lipinski definition) is 11. The van der Waals surface area contributed by atoms with Crippen LogP contribution in [-0.2, 0) is 20.9 Å². The fraction of sp³-hybridized carbons (Fsp3) is 0.355. The second-order valence-electron chi connectivity index (χ2n) is 11.6. The molecule has 5 rings (SSSR count). The van der Waals surface area contributed by atoms with Gasteiger partial charge in [0.15, 0.2) is 17.1 Å². The minimum absolute atomic E-state index is 0.0902. The molecule has 0 heterocycles. The number of Topliss-reactive ketones (excluding diaryl/α,β-unsaturated/α-hetero) is 2. The Bertz CT molecular complexity index is 1630. The number of nitrogens with one attached hydrogen (secondary N) is 2. The summed E-state index contributed by atoms with van der Waals surface area (Å²) in [6.45, 7) is 1.93. The largest absolute Gasteiger partial charge is 0.510 e. The SMILES string of the molecule is CC1c2ccc(NC(=O)CNCc3ccccc3)c(O)c2C(=O)C2=C(O)[C@]3(O)C(=O)C(C(N)=O)=C(O)[C@@H](N(C)C)C3C(O)C21. The van der Waals surface area contributed by atoms with E-state index in [2.05, 4.69) is 10.6 Å². The molecule has 0 bridgehead atoms. The number of phenols is 1. The molecule has 2 aromatic rings. The number of carbonyl (C=O) groups excluding carboxylic acids is 4. The zero-order chi connectivity index (χ0) is 32.2. The van der Waals surface area contributed by atoms with E-state index in [4.69, 9.17) is 5.73 Å². The molecule has 3 aliphatic carbocycles. The van der Waals surface area contributed by atoms with Crippen molar-refractivity contribution in [1.82, 2.24) is 10.2 Å². The second-order valence-corrected chi connectivity index (χ2v) is 11.6. The Labute approximate surface area is 252 Å². The van der Waals surface area contributed by atoms with Crippen LogP contribution in [0.15, 0.2) is 65.1 Å². The van der Waals surface area contributed by atoms with Crippen LogP contribution in [0, 0.1) is 11.8 Å². The van der Waals surface area contributed by atoms with Crippen LogP contribution in [0.25, 0.3) is 0 Å². The molecule has 0 saturated heterocycles. The number of amides is 2. The number of ketones is 2. The molecule has 6 atom stereocenters. The van der Waals surface area contributed by atoms with E-state index in [1.165, 1.54) is 31.1 Å². The van der Waals surface area contributed by atoms with Gasteiger partial charge in [-0.05, 0) is 37.2 Å². The molecule has 0 saturated carbocycles. The molecule has 9 N–H and O–H groups in total. The quantitative estimate of drug-likeness (QED) is 0.159. The van der Waals surface area contributed by atoms with E-state index in [1.807, 2.05) is 30.3 Å². The van der Waals surface area contributed by atoms with Crippen LogP contribution in [0.3, 0.4) is 0 Å². The van der Waals surface area contributed by atoms with Gasteiger partial charge < -0.3 is 41.9 Å². The van der Waals surface area contributed by atoms with Gasteiger partial charge in [0.1, 0.15) is 17.1 Å². The molecule has 13 heteroatoms. The highest BCUT2D eigenvalue weighted by atomic mass is 16.4. The van der Waals surface area contributed by atoms with Crippen molar-refractivity contribution in [3.63, 3.8) is 0 Å². The maximum absolute atomic E-state index is 14.0. The number of aliphatic hydroxyl groups is 4. The molecule has 2 amide bonds. The third-order valence-electron chi connectivity index (χ3n) is 8.86. The van der Waals surface area contributed by atoms with Gasteiger partial charge in [0.05, 0.1) is 35.9 Å². The van der Waals surface area contributed by atoms with Gasteiger partial charge in [-0.2, -0.15) is 0 Å². The number of carbonyl (C=O) groups is 4. The summed E-state index contributed by atoms with van der Waals surface area (Å²) < 4.78 is 0. The average molecular weight is 607 g/mol. The summed E-state index contributed by atoms with van der Waals surface area (Å²) in [4.78, 5) is 53.6. The summed E-state index contributed by atoms with van der Waals surface area (Å²) in [5.74, 6) is -10.4. The van der Waals surface area contributed by atoms with Gasteiger partial charge in [-0.15, -0.1) is 0 Å². The first-order valence-corrected chi connectivity index (χ1v) is 14.0. The smallest absolute Gasteiger partial charge is 0.255 e. The van der Waals surface area contributed by atoms with Crippen molar-refractivity contribution in [2.75, 3.05) is 26.0 Å². The Balaban J connectivity index is 1.53. The van der Waals surface area contributed by atoms with Crippen molar-refractivity contribution in [2.24, 2.45) is 17.6 Å². The van der Waals surface area contributed by atoms with Crippen molar-refractivity contribution in [3.05, 3.63) is 81.8 Å². The average Bonchev–Trinajstić information content (AvgIpc) is 2.96. The topological polar surface area (TPSA) is 223 Å². The molecule has 0 aromatic heterocycles. The predicted octanol–water partition coefficient (Wildman–Crippen LogP) is 0.381. The minimum atomic E-state index is -3.00. The Hall–Kier alpha value is -4.56. The van der Waals surface area contributed by atoms with Crippen LogP contribution in [0.2, 0.25) is 0 Å². The van der Waals surface area contributed by atoms with Gasteiger partial charge in [-0.1, -0.05) is 43.3 Å². The molecule has 13 nitrogen and oxygen atoms in total. The highest BCUT2D eigenvalue weighted by Gasteiger charge is 2.67. The molecule has 44 heavy (non-hydrogen) atoms. The van der Waals surface area contributed by atoms with Crippen molar-refractivity contribution in [3.8, 4) is 5.75 Å². The molecule has 0 radical (unpaired) electrons. The van der Waals surface area contributed by atoms with Gasteiger partial charge in [-0.3, -0.25) is 24.1 Å². The molecule has 0 spiro atoms. The summed E-state index contributed by atoms with van der Waals surface area (Å²) in [5, 5.41) is 62.5. The number of benzene rings is 2. The van der Waals surface area contributed by atoms with Crippen LogP contribution >= 0.6 is 0 Å². The number of aliphatic hydroxyl groups excluding tert-OH is 3. The summed E-state index contributed by atoms with van der Waals surface area (Å²) in [6, 6.07) is 11.0. The number of fused-ring (bicyclic) bond motifs is 3. The maximum Gasteiger partial charge on any atom is 0.255 e. The number of hydrogen-bond donors (Lipinski definition) is 8. The number of primary amides is 1. The third-order valence-corrected chi connectivity index (χ3v) is 8.86. The summed E-state index contributed by atoms with van der Waals surface area (Å²) in [6.07, 6.45) is -1.69. The summed E-state index contributed by atoms with van der Waals surface area (Å²) in [5.41, 5.74) is 1.71. The first-order chi connectivity index (χ1) is 20.7. The van der Waals surface area contributed by atoms with Crippen molar-refractivity contribution >= 4 is 29.1 Å². The van der Waals surface area contributed by atoms with Crippen LogP contribution < -0.4 is 16.4 Å². The maximum atomic E-state index is 14.0. The van der Waals surface area contributed by atoms with Gasteiger partial charge in [0, 0.05) is 18.0 Å². The van der Waals surface area contributed by atoms with Crippen LogP contribution in [0.4, 0.5) is 5.69 Å². The molecular weight excluding hydrogens is 572 g/mol. The lowest BCUT2D eigenvalue weighted by atomic mass is 9.55. The van der Waals surface area contributed by atoms with Crippen molar-refractivity contribution < 1.29 is 44.7 Å². The normalized spacial score (nSPS) is 28.0. The van der Waals surface area contributed by atoms with E-state index in [1.54, 1.807) is 6.92 Å². The number of rotatable bonds is 7. The molecule has 4 unspecified atom stereocenters. The lowest BCUT2D eigenvalue weighted by Gasteiger charge is -2.53. The Morgan fingerprint density at radius 3 is 2.32 bits per heavy atom. The third kappa shape index (κ3) is 4.56. The van der Waals surface area contributed by atoms with E-state index in [9.17, 15) is 44.7 Å². The standard InChI is InChI=1S/C31H34N4O9/c1-13-15-9-10-16(34-17(36)12-33-11-14-7-5-4-6-8-14)24(37)19(15)25(38)20-18(13)26(39)22-23(35(2)3)27(40)21(30(32)43)29(42)31(22,44)28(20)41/h4-10,13,18,22-23,26,33,37,39-41,44H,11-12H2,1-3H3,(H2,32,43)(H,34,36)/t13?,18?,22?,23-,26?,31-/m0/s1. The Morgan fingerprint density at radius 1 is 1.05 bits per heavy atom. The highest BCUT2D eigenvalue weighted by molar-refractivity contribution is 6.25.